The summed E-state index contributed by atoms with van der Waals surface area (Å²) >= 11 is 0. The first kappa shape index (κ1) is 11.2. The molecular formula is C10H13N3O2. The molecule has 0 aliphatic heterocycles. The van der Waals surface area contributed by atoms with Gasteiger partial charge in [-0.2, -0.15) is 0 Å². The monoisotopic (exact) mass is 207 g/mol. The van der Waals surface area contributed by atoms with E-state index >= 15 is 0 Å². The van der Waals surface area contributed by atoms with Crippen LogP contribution in [0.15, 0.2) is 24.3 Å². The lowest BCUT2D eigenvalue weighted by atomic mass is 10.1. The molecule has 0 radical (unpaired) electrons. The molecule has 1 aromatic carbocycles. The highest BCUT2D eigenvalue weighted by Crippen LogP contribution is 2.14. The lowest BCUT2D eigenvalue weighted by Crippen LogP contribution is -2.20. The quantitative estimate of drug-likeness (QED) is 0.651. The Hall–Kier alpha value is -1.88. The van der Waals surface area contributed by atoms with Gasteiger partial charge in [0, 0.05) is 13.0 Å². The number of primary amides is 1. The molecule has 2 amide bonds. The fourth-order valence-electron chi connectivity index (χ4n) is 1.15. The van der Waals surface area contributed by atoms with Gasteiger partial charge in [0.2, 0.25) is 5.91 Å². The zero-order valence-electron chi connectivity index (χ0n) is 8.19. The summed E-state index contributed by atoms with van der Waals surface area (Å²) in [7, 11) is 0. The van der Waals surface area contributed by atoms with Crippen molar-refractivity contribution in [2.75, 3.05) is 11.9 Å². The number of carbonyl (C=O) groups is 2. The number of carbonyl (C=O) groups excluding carboxylic acids is 2. The van der Waals surface area contributed by atoms with Crippen molar-refractivity contribution in [2.45, 2.75) is 6.42 Å². The summed E-state index contributed by atoms with van der Waals surface area (Å²) in [5.74, 6) is -0.801. The average molecular weight is 207 g/mol. The number of amides is 2. The highest BCUT2D eigenvalue weighted by molar-refractivity contribution is 6.02. The Morgan fingerprint density at radius 2 is 1.93 bits per heavy atom. The van der Waals surface area contributed by atoms with E-state index in [4.69, 9.17) is 11.5 Å². The van der Waals surface area contributed by atoms with E-state index in [0.717, 1.165) is 0 Å². The Bertz CT molecular complexity index is 377. The second-order valence-electron chi connectivity index (χ2n) is 3.00. The summed E-state index contributed by atoms with van der Waals surface area (Å²) in [5.41, 5.74) is 11.1. The first-order valence-corrected chi connectivity index (χ1v) is 4.54. The predicted molar refractivity (Wildman–Crippen MR) is 57.3 cm³/mol. The minimum absolute atomic E-state index is 0.215. The summed E-state index contributed by atoms with van der Waals surface area (Å²) < 4.78 is 0. The van der Waals surface area contributed by atoms with Crippen LogP contribution >= 0.6 is 0 Å². The standard InChI is InChI=1S/C10H13N3O2/c11-6-5-9(14)13-8-4-2-1-3-7(8)10(12)15/h1-4H,5-6,11H2,(H2,12,15)(H,13,14). The van der Waals surface area contributed by atoms with Gasteiger partial charge in [-0.3, -0.25) is 9.59 Å². The van der Waals surface area contributed by atoms with Crippen LogP contribution in [0.25, 0.3) is 0 Å². The van der Waals surface area contributed by atoms with E-state index in [-0.39, 0.29) is 18.9 Å². The van der Waals surface area contributed by atoms with Crippen LogP contribution in [-0.2, 0) is 4.79 Å². The van der Waals surface area contributed by atoms with Gasteiger partial charge in [0.25, 0.3) is 5.91 Å². The number of para-hydroxylation sites is 1. The van der Waals surface area contributed by atoms with Gasteiger partial charge in [-0.25, -0.2) is 0 Å². The zero-order valence-corrected chi connectivity index (χ0v) is 8.19. The molecule has 0 unspecified atom stereocenters. The maximum Gasteiger partial charge on any atom is 0.250 e. The lowest BCUT2D eigenvalue weighted by Gasteiger charge is -2.07. The fourth-order valence-corrected chi connectivity index (χ4v) is 1.15. The summed E-state index contributed by atoms with van der Waals surface area (Å²) in [4.78, 5) is 22.3. The van der Waals surface area contributed by atoms with Crippen molar-refractivity contribution >= 4 is 17.5 Å². The second-order valence-corrected chi connectivity index (χ2v) is 3.00. The SMILES string of the molecule is NCCC(=O)Nc1ccccc1C(N)=O. The molecule has 0 aliphatic carbocycles. The van der Waals surface area contributed by atoms with Gasteiger partial charge in [0.05, 0.1) is 11.3 Å². The predicted octanol–water partition coefficient (Wildman–Crippen LogP) is 0.0728. The molecule has 0 bridgehead atoms. The summed E-state index contributed by atoms with van der Waals surface area (Å²) in [6, 6.07) is 6.57. The molecule has 0 aliphatic rings. The van der Waals surface area contributed by atoms with Crippen LogP contribution in [-0.4, -0.2) is 18.4 Å². The molecule has 5 N–H and O–H groups in total. The maximum absolute atomic E-state index is 11.2. The van der Waals surface area contributed by atoms with Gasteiger partial charge in [-0.1, -0.05) is 12.1 Å². The van der Waals surface area contributed by atoms with E-state index in [1.54, 1.807) is 24.3 Å². The van der Waals surface area contributed by atoms with E-state index in [1.807, 2.05) is 0 Å². The average Bonchev–Trinajstić information content (AvgIpc) is 2.18. The maximum atomic E-state index is 11.2. The van der Waals surface area contributed by atoms with Crippen LogP contribution in [0.5, 0.6) is 0 Å². The van der Waals surface area contributed by atoms with Crippen LogP contribution in [0, 0.1) is 0 Å². The molecule has 1 rings (SSSR count). The second kappa shape index (κ2) is 5.11. The number of nitrogens with two attached hydrogens (primary N) is 2. The lowest BCUT2D eigenvalue weighted by molar-refractivity contribution is -0.116. The molecule has 0 heterocycles. The van der Waals surface area contributed by atoms with Gasteiger partial charge in [-0.15, -0.1) is 0 Å². The molecule has 15 heavy (non-hydrogen) atoms. The molecule has 80 valence electrons. The Kier molecular flexibility index (Phi) is 3.82. The third-order valence-corrected chi connectivity index (χ3v) is 1.84. The highest BCUT2D eigenvalue weighted by atomic mass is 16.2. The Balaban J connectivity index is 2.84. The molecule has 5 heteroatoms. The molecule has 0 fully saturated rings. The van der Waals surface area contributed by atoms with E-state index < -0.39 is 5.91 Å². The number of nitrogens with one attached hydrogen (secondary N) is 1. The van der Waals surface area contributed by atoms with Crippen molar-refractivity contribution in [1.29, 1.82) is 0 Å². The highest BCUT2D eigenvalue weighted by Gasteiger charge is 2.09. The van der Waals surface area contributed by atoms with Crippen LogP contribution in [0.4, 0.5) is 5.69 Å². The summed E-state index contributed by atoms with van der Waals surface area (Å²) in [6.07, 6.45) is 0.215. The molecule has 0 aromatic heterocycles. The fraction of sp³-hybridized carbons (Fsp3) is 0.200. The van der Waals surface area contributed by atoms with E-state index in [0.29, 0.717) is 11.3 Å². The molecule has 0 saturated carbocycles. The van der Waals surface area contributed by atoms with Crippen LogP contribution in [0.1, 0.15) is 16.8 Å². The molecular weight excluding hydrogens is 194 g/mol. The topological polar surface area (TPSA) is 98.2 Å². The molecule has 0 spiro atoms. The smallest absolute Gasteiger partial charge is 0.250 e. The number of hydrogen-bond acceptors (Lipinski definition) is 3. The largest absolute Gasteiger partial charge is 0.366 e. The number of rotatable bonds is 4. The zero-order chi connectivity index (χ0) is 11.3. The third kappa shape index (κ3) is 3.07. The van der Waals surface area contributed by atoms with Crippen molar-refractivity contribution in [3.63, 3.8) is 0 Å². The normalized spacial score (nSPS) is 9.67. The van der Waals surface area contributed by atoms with E-state index in [1.165, 1.54) is 0 Å². The van der Waals surface area contributed by atoms with Crippen molar-refractivity contribution in [1.82, 2.24) is 0 Å². The third-order valence-electron chi connectivity index (χ3n) is 1.84. The number of benzene rings is 1. The molecule has 0 atom stereocenters. The molecule has 0 saturated heterocycles. The molecule has 1 aromatic rings. The minimum atomic E-state index is -0.571. The minimum Gasteiger partial charge on any atom is -0.366 e. The first-order chi connectivity index (χ1) is 7.15. The van der Waals surface area contributed by atoms with Crippen molar-refractivity contribution in [3.05, 3.63) is 29.8 Å². The van der Waals surface area contributed by atoms with Crippen LogP contribution < -0.4 is 16.8 Å². The van der Waals surface area contributed by atoms with Crippen molar-refractivity contribution in [3.8, 4) is 0 Å². The first-order valence-electron chi connectivity index (χ1n) is 4.54. The Labute approximate surface area is 87.4 Å². The number of anilines is 1. The summed E-state index contributed by atoms with van der Waals surface area (Å²) in [5, 5.41) is 2.57. The van der Waals surface area contributed by atoms with E-state index in [2.05, 4.69) is 5.32 Å². The Morgan fingerprint density at radius 3 is 2.53 bits per heavy atom. The van der Waals surface area contributed by atoms with Crippen molar-refractivity contribution in [2.24, 2.45) is 11.5 Å². The van der Waals surface area contributed by atoms with Crippen LogP contribution in [0.3, 0.4) is 0 Å². The molecule has 5 nitrogen and oxygen atoms in total. The van der Waals surface area contributed by atoms with Crippen LogP contribution in [0.2, 0.25) is 0 Å². The summed E-state index contributed by atoms with van der Waals surface area (Å²) in [6.45, 7) is 0.268. The van der Waals surface area contributed by atoms with Gasteiger partial charge >= 0.3 is 0 Å². The Morgan fingerprint density at radius 1 is 1.27 bits per heavy atom. The van der Waals surface area contributed by atoms with Gasteiger partial charge < -0.3 is 16.8 Å². The number of hydrogen-bond donors (Lipinski definition) is 3. The van der Waals surface area contributed by atoms with Gasteiger partial charge in [-0.05, 0) is 12.1 Å². The van der Waals surface area contributed by atoms with Crippen molar-refractivity contribution < 1.29 is 9.59 Å². The van der Waals surface area contributed by atoms with E-state index in [9.17, 15) is 9.59 Å². The van der Waals surface area contributed by atoms with Gasteiger partial charge in [0.15, 0.2) is 0 Å². The van der Waals surface area contributed by atoms with Gasteiger partial charge in [0.1, 0.15) is 0 Å².